The molecule has 2 nitrogen and oxygen atoms in total. The largest absolute Gasteiger partial charge is 0.158 e. The van der Waals surface area contributed by atoms with Crippen LogP contribution in [-0.4, -0.2) is 10.2 Å². The highest BCUT2D eigenvalue weighted by Crippen LogP contribution is 2.19. The van der Waals surface area contributed by atoms with Crippen LogP contribution in [0.15, 0.2) is 19.4 Å². The molecule has 0 saturated heterocycles. The number of aromatic nitrogens is 2. The summed E-state index contributed by atoms with van der Waals surface area (Å²) in [6, 6.07) is 0. The molecular formula is C12H12N2. The van der Waals surface area contributed by atoms with Crippen molar-refractivity contribution in [2.75, 3.05) is 0 Å². The van der Waals surface area contributed by atoms with E-state index in [1.807, 2.05) is 6.92 Å². The van der Waals surface area contributed by atoms with Crippen molar-refractivity contribution in [1.82, 2.24) is 10.2 Å². The summed E-state index contributed by atoms with van der Waals surface area (Å²) in [5.41, 5.74) is 3.44. The maximum atomic E-state index is 3.96. The lowest BCUT2D eigenvalue weighted by atomic mass is 10.0. The number of aryl methyl sites for hydroxylation is 1. The molecule has 1 aromatic heterocycles. The summed E-state index contributed by atoms with van der Waals surface area (Å²) in [4.78, 5) is 0. The molecule has 0 aliphatic carbocycles. The molecule has 70 valence electrons. The van der Waals surface area contributed by atoms with Crippen LogP contribution in [-0.2, 0) is 0 Å². The molecule has 0 bridgehead atoms. The third-order valence-corrected chi connectivity index (χ3v) is 1.85. The summed E-state index contributed by atoms with van der Waals surface area (Å²) >= 11 is 0. The van der Waals surface area contributed by atoms with Crippen molar-refractivity contribution in [2.45, 2.75) is 13.8 Å². The van der Waals surface area contributed by atoms with Gasteiger partial charge in [-0.1, -0.05) is 25.2 Å². The maximum Gasteiger partial charge on any atom is 0.0690 e. The lowest BCUT2D eigenvalue weighted by Crippen LogP contribution is -1.96. The highest BCUT2D eigenvalue weighted by atomic mass is 15.1. The Morgan fingerprint density at radius 3 is 2.86 bits per heavy atom. The average molecular weight is 184 g/mol. The van der Waals surface area contributed by atoms with Crippen molar-refractivity contribution in [3.05, 3.63) is 36.2 Å². The molecule has 2 heteroatoms. The minimum atomic E-state index is 0.759. The average Bonchev–Trinajstić information content (AvgIpc) is 2.17. The Balaban J connectivity index is 3.35. The summed E-state index contributed by atoms with van der Waals surface area (Å²) in [5.74, 6) is 5.73. The van der Waals surface area contributed by atoms with Crippen molar-refractivity contribution in [3.63, 3.8) is 0 Å². The molecule has 0 N–H and O–H groups in total. The molecule has 0 saturated carbocycles. The molecule has 0 aliphatic heterocycles. The van der Waals surface area contributed by atoms with Gasteiger partial charge in [0.25, 0.3) is 0 Å². The number of allylic oxidation sites excluding steroid dienone is 1. The van der Waals surface area contributed by atoms with Gasteiger partial charge in [-0.2, -0.15) is 10.2 Å². The van der Waals surface area contributed by atoms with Gasteiger partial charge in [-0.15, -0.1) is 5.92 Å². The molecule has 0 fully saturated rings. The molecule has 0 spiro atoms. The van der Waals surface area contributed by atoms with Crippen molar-refractivity contribution in [3.8, 4) is 11.8 Å². The molecule has 1 heterocycles. The second-order valence-electron chi connectivity index (χ2n) is 2.82. The van der Waals surface area contributed by atoms with E-state index in [0.29, 0.717) is 0 Å². The highest BCUT2D eigenvalue weighted by molar-refractivity contribution is 5.82. The summed E-state index contributed by atoms with van der Waals surface area (Å²) in [7, 11) is 0. The van der Waals surface area contributed by atoms with E-state index in [-0.39, 0.29) is 0 Å². The van der Waals surface area contributed by atoms with Gasteiger partial charge in [-0.05, 0) is 13.8 Å². The van der Waals surface area contributed by atoms with E-state index in [1.54, 1.807) is 19.2 Å². The zero-order chi connectivity index (χ0) is 10.6. The fraction of sp³-hybridized carbons (Fsp3) is 0.167. The zero-order valence-corrected chi connectivity index (χ0v) is 8.46. The van der Waals surface area contributed by atoms with Crippen LogP contribution in [0.5, 0.6) is 0 Å². The SMILES string of the molecule is C=Cc1cnnc(C)c1C(=C)C#CC. The van der Waals surface area contributed by atoms with E-state index < -0.39 is 0 Å². The lowest BCUT2D eigenvalue weighted by molar-refractivity contribution is 0.970. The van der Waals surface area contributed by atoms with E-state index in [1.165, 1.54) is 0 Å². The highest BCUT2D eigenvalue weighted by Gasteiger charge is 2.06. The molecule has 0 aromatic carbocycles. The van der Waals surface area contributed by atoms with E-state index in [9.17, 15) is 0 Å². The molecule has 1 rings (SSSR count). The lowest BCUT2D eigenvalue weighted by Gasteiger charge is -2.05. The number of hydrogen-bond donors (Lipinski definition) is 0. The first-order chi connectivity index (χ1) is 6.70. The van der Waals surface area contributed by atoms with Crippen molar-refractivity contribution in [1.29, 1.82) is 0 Å². The van der Waals surface area contributed by atoms with Gasteiger partial charge in [-0.25, -0.2) is 0 Å². The van der Waals surface area contributed by atoms with Crippen molar-refractivity contribution < 1.29 is 0 Å². The molecule has 0 aliphatic rings. The molecule has 1 aromatic rings. The first-order valence-electron chi connectivity index (χ1n) is 4.27. The van der Waals surface area contributed by atoms with E-state index in [0.717, 1.165) is 22.4 Å². The summed E-state index contributed by atoms with van der Waals surface area (Å²) < 4.78 is 0. The Hall–Kier alpha value is -1.88. The fourth-order valence-electron chi connectivity index (χ4n) is 1.26. The van der Waals surface area contributed by atoms with Gasteiger partial charge < -0.3 is 0 Å². The Labute approximate surface area is 84.4 Å². The number of rotatable bonds is 2. The number of hydrogen-bond acceptors (Lipinski definition) is 2. The van der Waals surface area contributed by atoms with Gasteiger partial charge in [0.05, 0.1) is 11.9 Å². The van der Waals surface area contributed by atoms with Gasteiger partial charge in [0.15, 0.2) is 0 Å². The van der Waals surface area contributed by atoms with Crippen LogP contribution in [0.25, 0.3) is 11.6 Å². The van der Waals surface area contributed by atoms with Crippen LogP contribution < -0.4 is 0 Å². The van der Waals surface area contributed by atoms with Crippen LogP contribution in [0.2, 0.25) is 0 Å². The normalized spacial score (nSPS) is 8.71. The third-order valence-electron chi connectivity index (χ3n) is 1.85. The quantitative estimate of drug-likeness (QED) is 0.660. The molecule has 0 unspecified atom stereocenters. The molecule has 0 atom stereocenters. The van der Waals surface area contributed by atoms with Crippen LogP contribution >= 0.6 is 0 Å². The Morgan fingerprint density at radius 2 is 2.29 bits per heavy atom. The van der Waals surface area contributed by atoms with E-state index in [2.05, 4.69) is 35.2 Å². The predicted molar refractivity (Wildman–Crippen MR) is 59.3 cm³/mol. The van der Waals surface area contributed by atoms with E-state index in [4.69, 9.17) is 0 Å². The van der Waals surface area contributed by atoms with Gasteiger partial charge in [0, 0.05) is 16.7 Å². The van der Waals surface area contributed by atoms with Crippen LogP contribution in [0.1, 0.15) is 23.7 Å². The molecule has 0 amide bonds. The summed E-state index contributed by atoms with van der Waals surface area (Å²) in [6.45, 7) is 11.3. The van der Waals surface area contributed by atoms with Crippen molar-refractivity contribution in [2.24, 2.45) is 0 Å². The maximum absolute atomic E-state index is 3.96. The topological polar surface area (TPSA) is 25.8 Å². The van der Waals surface area contributed by atoms with E-state index >= 15 is 0 Å². The Kier molecular flexibility index (Phi) is 3.19. The van der Waals surface area contributed by atoms with Crippen molar-refractivity contribution >= 4 is 11.6 Å². The standard InChI is InChI=1S/C12H12N2/c1-5-7-9(3)12-10(4)14-13-8-11(12)6-2/h6,8H,2-3H2,1,4H3. The van der Waals surface area contributed by atoms with Crippen LogP contribution in [0.4, 0.5) is 0 Å². The van der Waals surface area contributed by atoms with Gasteiger partial charge >= 0.3 is 0 Å². The fourth-order valence-corrected chi connectivity index (χ4v) is 1.26. The smallest absolute Gasteiger partial charge is 0.0690 e. The zero-order valence-electron chi connectivity index (χ0n) is 8.46. The second kappa shape index (κ2) is 4.38. The Bertz CT molecular complexity index is 433. The monoisotopic (exact) mass is 184 g/mol. The first kappa shape index (κ1) is 10.2. The molecule has 0 radical (unpaired) electrons. The summed E-state index contributed by atoms with van der Waals surface area (Å²) in [5, 5.41) is 7.81. The second-order valence-corrected chi connectivity index (χ2v) is 2.82. The summed E-state index contributed by atoms with van der Waals surface area (Å²) in [6.07, 6.45) is 3.40. The Morgan fingerprint density at radius 1 is 1.57 bits per heavy atom. The van der Waals surface area contributed by atoms with Crippen LogP contribution in [0, 0.1) is 18.8 Å². The van der Waals surface area contributed by atoms with Gasteiger partial charge in [-0.3, -0.25) is 0 Å². The third kappa shape index (κ3) is 1.89. The first-order valence-corrected chi connectivity index (χ1v) is 4.27. The van der Waals surface area contributed by atoms with Gasteiger partial charge in [0.1, 0.15) is 0 Å². The molecule has 14 heavy (non-hydrogen) atoms. The number of nitrogens with zero attached hydrogens (tertiary/aromatic N) is 2. The predicted octanol–water partition coefficient (Wildman–Crippen LogP) is 2.46. The minimum Gasteiger partial charge on any atom is -0.158 e. The minimum absolute atomic E-state index is 0.759. The van der Waals surface area contributed by atoms with Gasteiger partial charge in [0.2, 0.25) is 0 Å². The molecular weight excluding hydrogens is 172 g/mol. The van der Waals surface area contributed by atoms with Crippen LogP contribution in [0.3, 0.4) is 0 Å².